The van der Waals surface area contributed by atoms with Gasteiger partial charge < -0.3 is 15.3 Å². The molecule has 0 spiro atoms. The van der Waals surface area contributed by atoms with Crippen LogP contribution in [0.4, 0.5) is 0 Å². The lowest BCUT2D eigenvalue weighted by Crippen LogP contribution is -2.58. The Morgan fingerprint density at radius 2 is 2.00 bits per heavy atom. The normalized spacial score (nSPS) is 21.1. The molecule has 1 rings (SSSR count). The minimum atomic E-state index is -1.01. The molecular weight excluding hydrogens is 268 g/mol. The van der Waals surface area contributed by atoms with Gasteiger partial charge in [0.25, 0.3) is 0 Å². The van der Waals surface area contributed by atoms with E-state index in [4.69, 9.17) is 5.11 Å². The minimum absolute atomic E-state index is 0.341. The Bertz CT molecular complexity index is 392. The molecule has 0 aromatic carbocycles. The van der Waals surface area contributed by atoms with Crippen molar-refractivity contribution in [2.75, 3.05) is 6.54 Å². The lowest BCUT2D eigenvalue weighted by atomic mass is 10.0. The summed E-state index contributed by atoms with van der Waals surface area (Å²) in [4.78, 5) is 36.1. The first-order valence-corrected chi connectivity index (χ1v) is 6.62. The summed E-state index contributed by atoms with van der Waals surface area (Å²) in [5.41, 5.74) is 0. The monoisotopic (exact) mass is 288 g/mol. The van der Waals surface area contributed by atoms with Gasteiger partial charge in [-0.2, -0.15) is 12.6 Å². The molecule has 0 radical (unpaired) electrons. The van der Waals surface area contributed by atoms with Gasteiger partial charge >= 0.3 is 5.97 Å². The maximum Gasteiger partial charge on any atom is 0.326 e. The Labute approximate surface area is 117 Å². The molecule has 0 aliphatic carbocycles. The van der Waals surface area contributed by atoms with Gasteiger partial charge in [0, 0.05) is 18.2 Å². The van der Waals surface area contributed by atoms with Crippen LogP contribution in [0.1, 0.15) is 33.6 Å². The predicted molar refractivity (Wildman–Crippen MR) is 73.0 cm³/mol. The number of carboxylic acids is 1. The van der Waals surface area contributed by atoms with Crippen LogP contribution in [0.3, 0.4) is 0 Å². The molecule has 2 N–H and O–H groups in total. The van der Waals surface area contributed by atoms with E-state index in [-0.39, 0.29) is 11.8 Å². The molecule has 0 bridgehead atoms. The van der Waals surface area contributed by atoms with Gasteiger partial charge in [-0.3, -0.25) is 9.59 Å². The van der Waals surface area contributed by atoms with Crippen LogP contribution in [0.15, 0.2) is 0 Å². The van der Waals surface area contributed by atoms with Crippen LogP contribution in [0.2, 0.25) is 0 Å². The van der Waals surface area contributed by atoms with Crippen molar-refractivity contribution in [3.8, 4) is 0 Å². The summed E-state index contributed by atoms with van der Waals surface area (Å²) < 4.78 is -0.769. The standard InChI is InChI=1S/C12H20N2O4S/c1-7(15)13-9(12(2,3)19)10(16)14-6-4-5-8(14)11(17)18/h8-9,19H,4-6H2,1-3H3,(H,13,15)(H,17,18)/t8-,9+/m0/s1. The summed E-state index contributed by atoms with van der Waals surface area (Å²) in [6.07, 6.45) is 1.10. The molecule has 1 aliphatic heterocycles. The van der Waals surface area contributed by atoms with Crippen LogP contribution < -0.4 is 5.32 Å². The van der Waals surface area contributed by atoms with Crippen molar-refractivity contribution in [3.05, 3.63) is 0 Å². The fourth-order valence-electron chi connectivity index (χ4n) is 2.20. The van der Waals surface area contributed by atoms with Crippen molar-refractivity contribution in [1.82, 2.24) is 10.2 Å². The quantitative estimate of drug-likeness (QED) is 0.648. The third kappa shape index (κ3) is 3.86. The molecule has 1 saturated heterocycles. The average Bonchev–Trinajstić information content (AvgIpc) is 2.71. The Kier molecular flexibility index (Phi) is 4.84. The van der Waals surface area contributed by atoms with Crippen LogP contribution in [-0.4, -0.2) is 51.2 Å². The second kappa shape index (κ2) is 5.81. The topological polar surface area (TPSA) is 86.7 Å². The number of nitrogens with zero attached hydrogens (tertiary/aromatic N) is 1. The lowest BCUT2D eigenvalue weighted by molar-refractivity contribution is -0.149. The Morgan fingerprint density at radius 3 is 2.42 bits per heavy atom. The summed E-state index contributed by atoms with van der Waals surface area (Å²) >= 11 is 4.33. The fourth-order valence-corrected chi connectivity index (χ4v) is 2.37. The third-order valence-electron chi connectivity index (χ3n) is 3.12. The van der Waals surface area contributed by atoms with Crippen molar-refractivity contribution in [2.45, 2.75) is 50.4 Å². The van der Waals surface area contributed by atoms with Gasteiger partial charge in [0.1, 0.15) is 12.1 Å². The summed E-state index contributed by atoms with van der Waals surface area (Å²) in [7, 11) is 0. The lowest BCUT2D eigenvalue weighted by Gasteiger charge is -2.33. The van der Waals surface area contributed by atoms with Crippen LogP contribution >= 0.6 is 12.6 Å². The number of amides is 2. The number of hydrogen-bond acceptors (Lipinski definition) is 4. The fraction of sp³-hybridized carbons (Fsp3) is 0.750. The summed E-state index contributed by atoms with van der Waals surface area (Å²) in [5, 5.41) is 11.7. The van der Waals surface area contributed by atoms with Gasteiger partial charge in [-0.05, 0) is 26.7 Å². The number of likely N-dealkylation sites (tertiary alicyclic amines) is 1. The zero-order valence-electron chi connectivity index (χ0n) is 11.3. The molecule has 19 heavy (non-hydrogen) atoms. The molecule has 0 aromatic heterocycles. The minimum Gasteiger partial charge on any atom is -0.480 e. The number of aliphatic carboxylic acids is 1. The van der Waals surface area contributed by atoms with E-state index in [1.165, 1.54) is 11.8 Å². The first kappa shape index (κ1) is 15.8. The molecule has 0 unspecified atom stereocenters. The van der Waals surface area contributed by atoms with Crippen molar-refractivity contribution in [2.24, 2.45) is 0 Å². The van der Waals surface area contributed by atoms with E-state index in [1.54, 1.807) is 13.8 Å². The number of hydrogen-bond donors (Lipinski definition) is 3. The van der Waals surface area contributed by atoms with Crippen molar-refractivity contribution >= 4 is 30.4 Å². The van der Waals surface area contributed by atoms with Gasteiger partial charge in [-0.25, -0.2) is 4.79 Å². The molecular formula is C12H20N2O4S. The maximum absolute atomic E-state index is 12.4. The zero-order valence-corrected chi connectivity index (χ0v) is 12.2. The average molecular weight is 288 g/mol. The molecule has 0 saturated carbocycles. The van der Waals surface area contributed by atoms with Gasteiger partial charge in [0.2, 0.25) is 11.8 Å². The van der Waals surface area contributed by atoms with E-state index in [1.807, 2.05) is 0 Å². The first-order chi connectivity index (χ1) is 8.64. The number of carbonyl (C=O) groups excluding carboxylic acids is 2. The summed E-state index contributed by atoms with van der Waals surface area (Å²) in [6.45, 7) is 5.13. The Morgan fingerprint density at radius 1 is 1.42 bits per heavy atom. The van der Waals surface area contributed by atoms with Gasteiger partial charge in [-0.15, -0.1) is 0 Å². The SMILES string of the molecule is CC(=O)N[C@H](C(=O)N1CCC[C@H]1C(=O)O)C(C)(C)S. The third-order valence-corrected chi connectivity index (χ3v) is 3.38. The van der Waals surface area contributed by atoms with E-state index >= 15 is 0 Å². The van der Waals surface area contributed by atoms with E-state index < -0.39 is 22.8 Å². The van der Waals surface area contributed by atoms with Crippen LogP contribution in [0, 0.1) is 0 Å². The summed E-state index contributed by atoms with van der Waals surface area (Å²) in [5.74, 6) is -1.74. The second-order valence-electron chi connectivity index (χ2n) is 5.32. The molecule has 2 atom stereocenters. The maximum atomic E-state index is 12.4. The van der Waals surface area contributed by atoms with Crippen LogP contribution in [0.25, 0.3) is 0 Å². The van der Waals surface area contributed by atoms with Gasteiger partial charge in [-0.1, -0.05) is 0 Å². The number of carboxylic acid groups (broad SMARTS) is 1. The molecule has 1 heterocycles. The van der Waals surface area contributed by atoms with Crippen LogP contribution in [-0.2, 0) is 14.4 Å². The van der Waals surface area contributed by atoms with Crippen molar-refractivity contribution in [3.63, 3.8) is 0 Å². The van der Waals surface area contributed by atoms with Crippen molar-refractivity contribution in [1.29, 1.82) is 0 Å². The Balaban J connectivity index is 2.93. The molecule has 1 fully saturated rings. The second-order valence-corrected chi connectivity index (χ2v) is 6.47. The van der Waals surface area contributed by atoms with Gasteiger partial charge in [0.15, 0.2) is 0 Å². The van der Waals surface area contributed by atoms with E-state index in [0.717, 1.165) is 0 Å². The number of rotatable bonds is 4. The molecule has 7 heteroatoms. The molecule has 108 valence electrons. The molecule has 1 aliphatic rings. The van der Waals surface area contributed by atoms with Crippen LogP contribution in [0.5, 0.6) is 0 Å². The van der Waals surface area contributed by atoms with Crippen molar-refractivity contribution < 1.29 is 19.5 Å². The van der Waals surface area contributed by atoms with E-state index in [0.29, 0.717) is 19.4 Å². The zero-order chi connectivity index (χ0) is 14.8. The molecule has 6 nitrogen and oxygen atoms in total. The number of nitrogens with one attached hydrogen (secondary N) is 1. The smallest absolute Gasteiger partial charge is 0.326 e. The number of thiol groups is 1. The van der Waals surface area contributed by atoms with Gasteiger partial charge in [0.05, 0.1) is 0 Å². The highest BCUT2D eigenvalue weighted by atomic mass is 32.1. The largest absolute Gasteiger partial charge is 0.480 e. The highest BCUT2D eigenvalue weighted by Gasteiger charge is 2.41. The number of carbonyl (C=O) groups is 3. The highest BCUT2D eigenvalue weighted by Crippen LogP contribution is 2.24. The molecule has 2 amide bonds. The predicted octanol–water partition coefficient (Wildman–Crippen LogP) is 0.275. The highest BCUT2D eigenvalue weighted by molar-refractivity contribution is 7.81. The first-order valence-electron chi connectivity index (χ1n) is 6.17. The van der Waals surface area contributed by atoms with E-state index in [9.17, 15) is 14.4 Å². The Hall–Kier alpha value is -1.24. The summed E-state index contributed by atoms with van der Waals surface area (Å²) in [6, 6.07) is -1.65. The van der Waals surface area contributed by atoms with E-state index in [2.05, 4.69) is 17.9 Å². The molecule has 0 aromatic rings.